The minimum atomic E-state index is -0.248. The van der Waals surface area contributed by atoms with Crippen molar-refractivity contribution in [3.63, 3.8) is 0 Å². The number of pyridine rings is 1. The fourth-order valence-electron chi connectivity index (χ4n) is 2.83. The summed E-state index contributed by atoms with van der Waals surface area (Å²) in [7, 11) is 0. The summed E-state index contributed by atoms with van der Waals surface area (Å²) >= 11 is 0. The van der Waals surface area contributed by atoms with Gasteiger partial charge in [-0.3, -0.25) is 9.78 Å². The smallest absolute Gasteiger partial charge is 0.271 e. The Balaban J connectivity index is 1.35. The lowest BCUT2D eigenvalue weighted by molar-refractivity contribution is 0.0694. The highest BCUT2D eigenvalue weighted by atomic mass is 16.5. The first-order valence-electron chi connectivity index (χ1n) is 8.97. The molecule has 9 nitrogen and oxygen atoms in total. The molecule has 4 rings (SSSR count). The van der Waals surface area contributed by atoms with Gasteiger partial charge in [0.25, 0.3) is 5.91 Å². The van der Waals surface area contributed by atoms with E-state index in [0.29, 0.717) is 30.5 Å². The van der Waals surface area contributed by atoms with Crippen LogP contribution >= 0.6 is 0 Å². The van der Waals surface area contributed by atoms with Crippen molar-refractivity contribution in [1.29, 1.82) is 0 Å². The summed E-state index contributed by atoms with van der Waals surface area (Å²) in [6.45, 7) is 1.51. The van der Waals surface area contributed by atoms with Crippen LogP contribution in [0.5, 0.6) is 5.88 Å². The van der Waals surface area contributed by atoms with Crippen molar-refractivity contribution in [3.8, 4) is 17.3 Å². The fourth-order valence-corrected chi connectivity index (χ4v) is 2.83. The molecule has 1 N–H and O–H groups in total. The molecule has 1 aliphatic heterocycles. The summed E-state index contributed by atoms with van der Waals surface area (Å²) in [4.78, 5) is 24.8. The molecule has 28 heavy (non-hydrogen) atoms. The first kappa shape index (κ1) is 18.1. The second-order valence-corrected chi connectivity index (χ2v) is 6.29. The van der Waals surface area contributed by atoms with Crippen LogP contribution in [0.2, 0.25) is 0 Å². The van der Waals surface area contributed by atoms with Crippen LogP contribution in [0, 0.1) is 0 Å². The molecule has 0 unspecified atom stereocenters. The molecule has 1 saturated heterocycles. The molecule has 1 amide bonds. The van der Waals surface area contributed by atoms with Gasteiger partial charge >= 0.3 is 0 Å². The van der Waals surface area contributed by atoms with Gasteiger partial charge in [-0.25, -0.2) is 9.97 Å². The van der Waals surface area contributed by atoms with E-state index in [4.69, 9.17) is 14.0 Å². The molecule has 3 aromatic heterocycles. The number of carbonyl (C=O) groups is 1. The van der Waals surface area contributed by atoms with Gasteiger partial charge < -0.3 is 19.3 Å². The predicted molar refractivity (Wildman–Crippen MR) is 97.4 cm³/mol. The highest BCUT2D eigenvalue weighted by Crippen LogP contribution is 2.21. The van der Waals surface area contributed by atoms with Gasteiger partial charge in [-0.1, -0.05) is 11.2 Å². The summed E-state index contributed by atoms with van der Waals surface area (Å²) in [5, 5.41) is 6.92. The lowest BCUT2D eigenvalue weighted by atomic mass is 10.1. The van der Waals surface area contributed by atoms with E-state index in [1.165, 1.54) is 18.7 Å². The van der Waals surface area contributed by atoms with Gasteiger partial charge in [-0.15, -0.1) is 0 Å². The third kappa shape index (κ3) is 4.32. The topological polar surface area (TPSA) is 112 Å². The van der Waals surface area contributed by atoms with Gasteiger partial charge in [0, 0.05) is 25.5 Å². The van der Waals surface area contributed by atoms with Crippen LogP contribution in [-0.4, -0.2) is 45.3 Å². The summed E-state index contributed by atoms with van der Waals surface area (Å²) in [5.41, 5.74) is 2.29. The van der Waals surface area contributed by atoms with Gasteiger partial charge in [-0.05, 0) is 25.0 Å². The normalized spacial score (nSPS) is 14.6. The lowest BCUT2D eigenvalue weighted by Gasteiger charge is -2.22. The lowest BCUT2D eigenvalue weighted by Crippen LogP contribution is -2.39. The van der Waals surface area contributed by atoms with Crippen molar-refractivity contribution in [2.75, 3.05) is 13.2 Å². The Hall–Kier alpha value is -3.33. The number of ether oxygens (including phenoxy) is 2. The molecule has 4 heterocycles. The fraction of sp³-hybridized carbons (Fsp3) is 0.316. The largest absolute Gasteiger partial charge is 0.471 e. The summed E-state index contributed by atoms with van der Waals surface area (Å²) in [5.74, 6) is 0.0539. The first-order chi connectivity index (χ1) is 13.8. The van der Waals surface area contributed by atoms with Crippen molar-refractivity contribution in [3.05, 3.63) is 54.3 Å². The van der Waals surface area contributed by atoms with Gasteiger partial charge in [-0.2, -0.15) is 0 Å². The molecule has 0 bridgehead atoms. The molecule has 0 aliphatic carbocycles. The highest BCUT2D eigenvalue weighted by Gasteiger charge is 2.18. The van der Waals surface area contributed by atoms with E-state index < -0.39 is 0 Å². The Morgan fingerprint density at radius 3 is 2.82 bits per heavy atom. The quantitative estimate of drug-likeness (QED) is 0.690. The number of hydrogen-bond acceptors (Lipinski definition) is 8. The van der Waals surface area contributed by atoms with Crippen LogP contribution in [0.15, 0.2) is 47.6 Å². The Bertz CT molecular complexity index is 908. The molecular weight excluding hydrogens is 362 g/mol. The molecule has 3 aromatic rings. The van der Waals surface area contributed by atoms with Crippen molar-refractivity contribution in [2.24, 2.45) is 0 Å². The zero-order valence-electron chi connectivity index (χ0n) is 15.1. The molecule has 1 fully saturated rings. The number of amides is 1. The SMILES string of the molecule is O=C(NC1CCOCC1)c1cnc(OCc2conc2-c2ccccn2)cn1. The van der Waals surface area contributed by atoms with Crippen LogP contribution < -0.4 is 10.1 Å². The third-order valence-corrected chi connectivity index (χ3v) is 4.34. The van der Waals surface area contributed by atoms with Crippen LogP contribution in [-0.2, 0) is 11.3 Å². The van der Waals surface area contributed by atoms with Crippen molar-refractivity contribution in [1.82, 2.24) is 25.4 Å². The number of rotatable bonds is 6. The van der Waals surface area contributed by atoms with Gasteiger partial charge in [0.1, 0.15) is 24.3 Å². The molecule has 0 aromatic carbocycles. The van der Waals surface area contributed by atoms with Crippen molar-refractivity contribution < 1.29 is 18.8 Å². The van der Waals surface area contributed by atoms with Crippen molar-refractivity contribution in [2.45, 2.75) is 25.5 Å². The summed E-state index contributed by atoms with van der Waals surface area (Å²) in [6, 6.07) is 5.65. The second-order valence-electron chi connectivity index (χ2n) is 6.29. The van der Waals surface area contributed by atoms with Crippen LogP contribution in [0.25, 0.3) is 11.4 Å². The monoisotopic (exact) mass is 381 g/mol. The molecule has 0 saturated carbocycles. The molecular formula is C19H19N5O4. The van der Waals surface area contributed by atoms with E-state index in [1.54, 1.807) is 6.20 Å². The maximum Gasteiger partial charge on any atom is 0.271 e. The van der Waals surface area contributed by atoms with E-state index in [-0.39, 0.29) is 24.2 Å². The zero-order chi connectivity index (χ0) is 19.2. The minimum absolute atomic E-state index is 0.109. The van der Waals surface area contributed by atoms with Gasteiger partial charge in [0.05, 0.1) is 23.7 Å². The summed E-state index contributed by atoms with van der Waals surface area (Å²) < 4.78 is 16.0. The Morgan fingerprint density at radius 2 is 2.07 bits per heavy atom. The van der Waals surface area contributed by atoms with Gasteiger partial charge in [0.15, 0.2) is 0 Å². The maximum absolute atomic E-state index is 12.2. The minimum Gasteiger partial charge on any atom is -0.471 e. The Kier molecular flexibility index (Phi) is 5.53. The highest BCUT2D eigenvalue weighted by molar-refractivity contribution is 5.92. The van der Waals surface area contributed by atoms with Crippen LogP contribution in [0.3, 0.4) is 0 Å². The van der Waals surface area contributed by atoms with Crippen LogP contribution in [0.4, 0.5) is 0 Å². The van der Waals surface area contributed by atoms with Crippen LogP contribution in [0.1, 0.15) is 28.9 Å². The van der Waals surface area contributed by atoms with E-state index in [0.717, 1.165) is 18.4 Å². The number of carbonyl (C=O) groups excluding carboxylic acids is 1. The van der Waals surface area contributed by atoms with E-state index >= 15 is 0 Å². The number of nitrogens with zero attached hydrogens (tertiary/aromatic N) is 4. The molecule has 0 atom stereocenters. The average Bonchev–Trinajstić information content (AvgIpc) is 3.23. The maximum atomic E-state index is 12.2. The van der Waals surface area contributed by atoms with E-state index in [2.05, 4.69) is 25.4 Å². The number of nitrogens with one attached hydrogen (secondary N) is 1. The molecule has 144 valence electrons. The van der Waals surface area contributed by atoms with Gasteiger partial charge in [0.2, 0.25) is 5.88 Å². The van der Waals surface area contributed by atoms with Crippen molar-refractivity contribution >= 4 is 5.91 Å². The molecule has 9 heteroatoms. The Labute approximate surface area is 161 Å². The first-order valence-corrected chi connectivity index (χ1v) is 8.97. The zero-order valence-corrected chi connectivity index (χ0v) is 15.1. The standard InChI is InChI=1S/C19H19N5O4/c25-19(23-14-4-7-26-8-5-14)16-9-22-17(10-21-16)27-11-13-12-28-24-18(13)15-3-1-2-6-20-15/h1-3,6,9-10,12,14H,4-5,7-8,11H2,(H,23,25). The third-order valence-electron chi connectivity index (χ3n) is 4.34. The predicted octanol–water partition coefficient (Wildman–Crippen LogP) is 2.01. The number of hydrogen-bond donors (Lipinski definition) is 1. The molecule has 0 radical (unpaired) electrons. The second kappa shape index (κ2) is 8.57. The summed E-state index contributed by atoms with van der Waals surface area (Å²) in [6.07, 6.45) is 7.62. The average molecular weight is 381 g/mol. The Morgan fingerprint density at radius 1 is 1.18 bits per heavy atom. The molecule has 0 spiro atoms. The molecule has 1 aliphatic rings. The number of aromatic nitrogens is 4. The van der Waals surface area contributed by atoms with E-state index in [9.17, 15) is 4.79 Å². The van der Waals surface area contributed by atoms with E-state index in [1.807, 2.05) is 18.2 Å².